The zero-order chi connectivity index (χ0) is 20.1. The first-order valence-corrected chi connectivity index (χ1v) is 10.4. The van der Waals surface area contributed by atoms with Crippen molar-refractivity contribution < 1.29 is 14.4 Å². The third kappa shape index (κ3) is 2.79. The van der Waals surface area contributed by atoms with Gasteiger partial charge in [0.05, 0.1) is 11.4 Å². The molecule has 1 aromatic heterocycles. The highest BCUT2D eigenvalue weighted by Crippen LogP contribution is 2.49. The van der Waals surface area contributed by atoms with Gasteiger partial charge in [-0.05, 0) is 49.1 Å². The van der Waals surface area contributed by atoms with Crippen LogP contribution >= 0.6 is 11.3 Å². The van der Waals surface area contributed by atoms with Gasteiger partial charge in [-0.3, -0.25) is 14.4 Å². The van der Waals surface area contributed by atoms with Crippen LogP contribution < -0.4 is 9.96 Å². The van der Waals surface area contributed by atoms with Crippen LogP contribution in [-0.2, 0) is 14.4 Å². The first-order chi connectivity index (χ1) is 14.1. The molecule has 29 heavy (non-hydrogen) atoms. The molecule has 2 amide bonds. The van der Waals surface area contributed by atoms with Crippen LogP contribution in [0.3, 0.4) is 0 Å². The molecule has 3 heterocycles. The van der Waals surface area contributed by atoms with Gasteiger partial charge in [0.2, 0.25) is 5.91 Å². The summed E-state index contributed by atoms with van der Waals surface area (Å²) < 4.78 is 0. The third-order valence-electron chi connectivity index (χ3n) is 5.60. The van der Waals surface area contributed by atoms with Crippen LogP contribution in [0, 0.1) is 19.8 Å². The number of carbonyl (C=O) groups is 2. The van der Waals surface area contributed by atoms with Crippen molar-refractivity contribution >= 4 is 34.5 Å². The van der Waals surface area contributed by atoms with Crippen LogP contribution in [0.2, 0.25) is 0 Å². The number of para-hydroxylation sites is 1. The van der Waals surface area contributed by atoms with E-state index >= 15 is 0 Å². The van der Waals surface area contributed by atoms with Gasteiger partial charge in [-0.1, -0.05) is 42.0 Å². The second-order valence-corrected chi connectivity index (χ2v) is 8.45. The Labute approximate surface area is 173 Å². The van der Waals surface area contributed by atoms with Crippen LogP contribution in [0.1, 0.15) is 22.0 Å². The number of amides is 2. The highest BCUT2D eigenvalue weighted by molar-refractivity contribution is 7.10. The van der Waals surface area contributed by atoms with E-state index in [2.05, 4.69) is 0 Å². The molecule has 5 rings (SSSR count). The quantitative estimate of drug-likeness (QED) is 0.607. The van der Waals surface area contributed by atoms with Crippen LogP contribution in [0.15, 0.2) is 66.0 Å². The molecule has 6 heteroatoms. The average molecular weight is 404 g/mol. The van der Waals surface area contributed by atoms with Gasteiger partial charge in [-0.25, -0.2) is 9.96 Å². The molecule has 2 aliphatic heterocycles. The lowest BCUT2D eigenvalue weighted by Gasteiger charge is -2.28. The molecule has 0 spiro atoms. The highest BCUT2D eigenvalue weighted by atomic mass is 32.1. The molecule has 5 nitrogen and oxygen atoms in total. The van der Waals surface area contributed by atoms with E-state index in [0.29, 0.717) is 5.69 Å². The Morgan fingerprint density at radius 3 is 2.34 bits per heavy atom. The lowest BCUT2D eigenvalue weighted by atomic mass is 9.95. The summed E-state index contributed by atoms with van der Waals surface area (Å²) in [5.41, 5.74) is 3.58. The first kappa shape index (κ1) is 18.1. The standard InChI is InChI=1S/C23H20N2O3S/c1-14-9-11-16(12-10-14)24-22(26)19-20(18-8-5-13-29-18)25(28-21(19)23(24)27)17-7-4-3-6-15(17)2/h3-13,19-21H,1-2H3/t19-,20+,21+/m1/s1. The second kappa shape index (κ2) is 6.83. The van der Waals surface area contributed by atoms with Crippen LogP contribution in [-0.4, -0.2) is 17.9 Å². The van der Waals surface area contributed by atoms with Gasteiger partial charge in [-0.2, -0.15) is 0 Å². The maximum absolute atomic E-state index is 13.5. The number of thiophene rings is 1. The van der Waals surface area contributed by atoms with Crippen LogP contribution in [0.4, 0.5) is 11.4 Å². The molecule has 0 N–H and O–H groups in total. The summed E-state index contributed by atoms with van der Waals surface area (Å²) in [4.78, 5) is 35.1. The minimum absolute atomic E-state index is 0.210. The van der Waals surface area contributed by atoms with Crippen molar-refractivity contribution in [2.24, 2.45) is 5.92 Å². The zero-order valence-corrected chi connectivity index (χ0v) is 16.9. The largest absolute Gasteiger partial charge is 0.273 e. The van der Waals surface area contributed by atoms with E-state index in [-0.39, 0.29) is 17.9 Å². The Morgan fingerprint density at radius 2 is 1.66 bits per heavy atom. The molecule has 0 saturated carbocycles. The number of aryl methyl sites for hydroxylation is 2. The van der Waals surface area contributed by atoms with E-state index < -0.39 is 12.0 Å². The fraction of sp³-hybridized carbons (Fsp3) is 0.217. The van der Waals surface area contributed by atoms with Gasteiger partial charge in [0.15, 0.2) is 6.10 Å². The van der Waals surface area contributed by atoms with Crippen molar-refractivity contribution in [3.63, 3.8) is 0 Å². The minimum Gasteiger partial charge on any atom is -0.273 e. The topological polar surface area (TPSA) is 49.9 Å². The van der Waals surface area contributed by atoms with E-state index in [4.69, 9.17) is 4.84 Å². The van der Waals surface area contributed by atoms with Crippen molar-refractivity contribution in [1.29, 1.82) is 0 Å². The maximum atomic E-state index is 13.5. The van der Waals surface area contributed by atoms with E-state index in [1.54, 1.807) is 16.4 Å². The number of imide groups is 1. The van der Waals surface area contributed by atoms with Crippen molar-refractivity contribution in [3.05, 3.63) is 82.0 Å². The summed E-state index contributed by atoms with van der Waals surface area (Å²) in [6.45, 7) is 3.97. The van der Waals surface area contributed by atoms with E-state index in [9.17, 15) is 9.59 Å². The summed E-state index contributed by atoms with van der Waals surface area (Å²) in [6.07, 6.45) is -0.824. The highest BCUT2D eigenvalue weighted by Gasteiger charge is 2.60. The molecule has 2 aliphatic rings. The zero-order valence-electron chi connectivity index (χ0n) is 16.1. The molecule has 3 aromatic rings. The Bertz CT molecular complexity index is 1080. The number of benzene rings is 2. The molecule has 2 saturated heterocycles. The molecule has 2 fully saturated rings. The van der Waals surface area contributed by atoms with Crippen LogP contribution in [0.25, 0.3) is 0 Å². The van der Waals surface area contributed by atoms with Crippen molar-refractivity contribution in [1.82, 2.24) is 0 Å². The molecule has 0 radical (unpaired) electrons. The van der Waals surface area contributed by atoms with Gasteiger partial charge in [0, 0.05) is 4.88 Å². The third-order valence-corrected chi connectivity index (χ3v) is 6.54. The molecule has 0 bridgehead atoms. The lowest BCUT2D eigenvalue weighted by molar-refractivity contribution is -0.126. The summed E-state index contributed by atoms with van der Waals surface area (Å²) >= 11 is 1.57. The Kier molecular flexibility index (Phi) is 4.26. The Morgan fingerprint density at radius 1 is 0.897 bits per heavy atom. The summed E-state index contributed by atoms with van der Waals surface area (Å²) in [6, 6.07) is 18.9. The summed E-state index contributed by atoms with van der Waals surface area (Å²) in [5, 5.41) is 3.75. The number of nitrogens with zero attached hydrogens (tertiary/aromatic N) is 2. The predicted octanol–water partition coefficient (Wildman–Crippen LogP) is 4.42. The summed E-state index contributed by atoms with van der Waals surface area (Å²) in [7, 11) is 0. The normalized spacial score (nSPS) is 23.7. The number of carbonyl (C=O) groups excluding carboxylic acids is 2. The number of hydrogen-bond donors (Lipinski definition) is 0. The van der Waals surface area contributed by atoms with Crippen molar-refractivity contribution in [3.8, 4) is 0 Å². The molecular weight excluding hydrogens is 384 g/mol. The lowest BCUT2D eigenvalue weighted by Crippen LogP contribution is -2.37. The summed E-state index contributed by atoms with van der Waals surface area (Å²) in [5.74, 6) is -1.10. The fourth-order valence-corrected chi connectivity index (χ4v) is 4.98. The second-order valence-electron chi connectivity index (χ2n) is 7.47. The SMILES string of the molecule is Cc1ccc(N2C(=O)[C@H]3[C@H](ON(c4ccccc4C)[C@H]3c3cccs3)C2=O)cc1. The number of hydroxylamine groups is 1. The Balaban J connectivity index is 1.58. The van der Waals surface area contributed by atoms with Crippen molar-refractivity contribution in [2.45, 2.75) is 26.0 Å². The maximum Gasteiger partial charge on any atom is 0.266 e. The van der Waals surface area contributed by atoms with Gasteiger partial charge < -0.3 is 0 Å². The Hall–Kier alpha value is -2.96. The predicted molar refractivity (Wildman–Crippen MR) is 113 cm³/mol. The molecule has 0 unspecified atom stereocenters. The average Bonchev–Trinajstić information content (AvgIpc) is 3.41. The van der Waals surface area contributed by atoms with Gasteiger partial charge in [-0.15, -0.1) is 11.3 Å². The van der Waals surface area contributed by atoms with Crippen molar-refractivity contribution in [2.75, 3.05) is 9.96 Å². The van der Waals surface area contributed by atoms with E-state index in [1.807, 2.05) is 79.9 Å². The number of rotatable bonds is 3. The molecular formula is C23H20N2O3S. The molecule has 3 atom stereocenters. The van der Waals surface area contributed by atoms with E-state index in [0.717, 1.165) is 21.7 Å². The number of fused-ring (bicyclic) bond motifs is 1. The van der Waals surface area contributed by atoms with E-state index in [1.165, 1.54) is 4.90 Å². The fourth-order valence-electron chi connectivity index (χ4n) is 4.13. The molecule has 0 aliphatic carbocycles. The van der Waals surface area contributed by atoms with Gasteiger partial charge in [0.1, 0.15) is 12.0 Å². The van der Waals surface area contributed by atoms with Gasteiger partial charge in [0.25, 0.3) is 5.91 Å². The smallest absolute Gasteiger partial charge is 0.266 e. The molecule has 146 valence electrons. The van der Waals surface area contributed by atoms with Crippen LogP contribution in [0.5, 0.6) is 0 Å². The monoisotopic (exact) mass is 404 g/mol. The molecule has 2 aromatic carbocycles. The minimum atomic E-state index is -0.824. The first-order valence-electron chi connectivity index (χ1n) is 9.56. The number of anilines is 2. The van der Waals surface area contributed by atoms with Gasteiger partial charge >= 0.3 is 0 Å². The number of hydrogen-bond acceptors (Lipinski definition) is 5.